The molecule has 1 aromatic heterocycles. The standard InChI is InChI=1S/C15H25N3O/c1-4-15(5-2)11-13(7-9-19-15)18-12-6-8-17-14(10-12)16-3/h6,8,10,13H,4-5,7,9,11H2,1-3H3,(H2,16,17,18). The minimum atomic E-state index is 0.0643. The Balaban J connectivity index is 2.02. The van der Waals surface area contributed by atoms with Gasteiger partial charge in [0.25, 0.3) is 0 Å². The summed E-state index contributed by atoms with van der Waals surface area (Å²) in [6, 6.07) is 4.56. The molecule has 4 nitrogen and oxygen atoms in total. The van der Waals surface area contributed by atoms with Crippen LogP contribution in [0.25, 0.3) is 0 Å². The van der Waals surface area contributed by atoms with Gasteiger partial charge in [-0.2, -0.15) is 0 Å². The van der Waals surface area contributed by atoms with Gasteiger partial charge in [0.15, 0.2) is 0 Å². The van der Waals surface area contributed by atoms with E-state index in [0.717, 1.165) is 43.8 Å². The van der Waals surface area contributed by atoms with Crippen molar-refractivity contribution in [2.75, 3.05) is 24.3 Å². The number of rotatable bonds is 5. The van der Waals surface area contributed by atoms with E-state index < -0.39 is 0 Å². The van der Waals surface area contributed by atoms with E-state index in [9.17, 15) is 0 Å². The van der Waals surface area contributed by atoms with Crippen LogP contribution in [0.5, 0.6) is 0 Å². The summed E-state index contributed by atoms with van der Waals surface area (Å²) in [6.07, 6.45) is 6.15. The summed E-state index contributed by atoms with van der Waals surface area (Å²) in [5, 5.41) is 6.69. The van der Waals surface area contributed by atoms with Crippen LogP contribution in [0.4, 0.5) is 11.5 Å². The van der Waals surface area contributed by atoms with E-state index in [2.05, 4.69) is 35.5 Å². The summed E-state index contributed by atoms with van der Waals surface area (Å²) < 4.78 is 6.01. The van der Waals surface area contributed by atoms with E-state index in [1.165, 1.54) is 0 Å². The summed E-state index contributed by atoms with van der Waals surface area (Å²) in [4.78, 5) is 4.24. The van der Waals surface area contributed by atoms with E-state index in [1.54, 1.807) is 0 Å². The Morgan fingerprint density at radius 2 is 2.21 bits per heavy atom. The molecule has 2 N–H and O–H groups in total. The molecule has 0 saturated carbocycles. The molecule has 0 radical (unpaired) electrons. The number of anilines is 2. The topological polar surface area (TPSA) is 46.2 Å². The van der Waals surface area contributed by atoms with Crippen molar-refractivity contribution in [3.8, 4) is 0 Å². The number of nitrogens with zero attached hydrogens (tertiary/aromatic N) is 1. The van der Waals surface area contributed by atoms with E-state index in [4.69, 9.17) is 4.74 Å². The number of ether oxygens (including phenoxy) is 1. The van der Waals surface area contributed by atoms with Gasteiger partial charge in [-0.3, -0.25) is 0 Å². The molecule has 1 aliphatic rings. The third-order valence-corrected chi connectivity index (χ3v) is 4.17. The molecular formula is C15H25N3O. The summed E-state index contributed by atoms with van der Waals surface area (Å²) in [6.45, 7) is 5.29. The summed E-state index contributed by atoms with van der Waals surface area (Å²) in [5.41, 5.74) is 1.20. The first-order chi connectivity index (χ1) is 9.21. The van der Waals surface area contributed by atoms with Gasteiger partial charge in [0.05, 0.1) is 5.60 Å². The Kier molecular flexibility index (Phi) is 4.64. The van der Waals surface area contributed by atoms with Crippen molar-refractivity contribution in [2.45, 2.75) is 51.2 Å². The first-order valence-electron chi connectivity index (χ1n) is 7.25. The van der Waals surface area contributed by atoms with Gasteiger partial charge in [-0.05, 0) is 31.7 Å². The molecule has 2 rings (SSSR count). The zero-order valence-electron chi connectivity index (χ0n) is 12.2. The molecule has 0 amide bonds. The number of nitrogens with one attached hydrogen (secondary N) is 2. The Hall–Kier alpha value is -1.29. The number of aromatic nitrogens is 1. The molecule has 106 valence electrons. The summed E-state index contributed by atoms with van der Waals surface area (Å²) >= 11 is 0. The highest BCUT2D eigenvalue weighted by molar-refractivity contribution is 5.52. The lowest BCUT2D eigenvalue weighted by atomic mass is 9.86. The number of hydrogen-bond acceptors (Lipinski definition) is 4. The summed E-state index contributed by atoms with van der Waals surface area (Å²) in [5.74, 6) is 0.898. The van der Waals surface area contributed by atoms with E-state index >= 15 is 0 Å². The minimum Gasteiger partial charge on any atom is -0.382 e. The molecule has 0 aliphatic carbocycles. The maximum Gasteiger partial charge on any atom is 0.127 e. The van der Waals surface area contributed by atoms with E-state index in [0.29, 0.717) is 6.04 Å². The molecule has 2 heterocycles. The van der Waals surface area contributed by atoms with Crippen LogP contribution in [0.2, 0.25) is 0 Å². The molecule has 1 aliphatic heterocycles. The average molecular weight is 263 g/mol. The van der Waals surface area contributed by atoms with Crippen LogP contribution in [-0.4, -0.2) is 30.3 Å². The predicted octanol–water partition coefficient (Wildman–Crippen LogP) is 3.27. The maximum absolute atomic E-state index is 6.01. The van der Waals surface area contributed by atoms with Gasteiger partial charge in [0.1, 0.15) is 5.82 Å². The molecule has 19 heavy (non-hydrogen) atoms. The molecule has 1 saturated heterocycles. The van der Waals surface area contributed by atoms with Crippen molar-refractivity contribution >= 4 is 11.5 Å². The van der Waals surface area contributed by atoms with Crippen LogP contribution < -0.4 is 10.6 Å². The van der Waals surface area contributed by atoms with Gasteiger partial charge in [0.2, 0.25) is 0 Å². The molecule has 1 aromatic rings. The van der Waals surface area contributed by atoms with Gasteiger partial charge in [0, 0.05) is 37.6 Å². The second kappa shape index (κ2) is 6.24. The van der Waals surface area contributed by atoms with Crippen LogP contribution in [0.3, 0.4) is 0 Å². The fourth-order valence-corrected chi connectivity index (χ4v) is 2.79. The molecule has 1 atom stereocenters. The molecule has 4 heteroatoms. The largest absolute Gasteiger partial charge is 0.382 e. The van der Waals surface area contributed by atoms with E-state index in [-0.39, 0.29) is 5.60 Å². The lowest BCUT2D eigenvalue weighted by molar-refractivity contribution is -0.0864. The second-order valence-electron chi connectivity index (χ2n) is 5.25. The zero-order chi connectivity index (χ0) is 13.7. The number of pyridine rings is 1. The SMILES string of the molecule is CCC1(CC)CC(Nc2ccnc(NC)c2)CCO1. The molecule has 1 unspecified atom stereocenters. The lowest BCUT2D eigenvalue weighted by Gasteiger charge is -2.40. The first-order valence-corrected chi connectivity index (χ1v) is 7.25. The normalized spacial score (nSPS) is 21.9. The Labute approximate surface area is 116 Å². The second-order valence-corrected chi connectivity index (χ2v) is 5.25. The number of hydrogen-bond donors (Lipinski definition) is 2. The molecule has 0 bridgehead atoms. The van der Waals surface area contributed by atoms with Crippen molar-refractivity contribution < 1.29 is 4.74 Å². The van der Waals surface area contributed by atoms with Crippen molar-refractivity contribution in [2.24, 2.45) is 0 Å². The monoisotopic (exact) mass is 263 g/mol. The fraction of sp³-hybridized carbons (Fsp3) is 0.667. The fourth-order valence-electron chi connectivity index (χ4n) is 2.79. The Bertz CT molecular complexity index is 404. The van der Waals surface area contributed by atoms with Gasteiger partial charge < -0.3 is 15.4 Å². The molecule has 0 spiro atoms. The van der Waals surface area contributed by atoms with Crippen molar-refractivity contribution in [1.29, 1.82) is 0 Å². The predicted molar refractivity (Wildman–Crippen MR) is 79.7 cm³/mol. The quantitative estimate of drug-likeness (QED) is 0.856. The minimum absolute atomic E-state index is 0.0643. The smallest absolute Gasteiger partial charge is 0.127 e. The first kappa shape index (κ1) is 14.1. The highest BCUT2D eigenvalue weighted by atomic mass is 16.5. The van der Waals surface area contributed by atoms with Gasteiger partial charge in [-0.1, -0.05) is 13.8 Å². The Morgan fingerprint density at radius 1 is 1.42 bits per heavy atom. The zero-order valence-corrected chi connectivity index (χ0v) is 12.2. The highest BCUT2D eigenvalue weighted by Gasteiger charge is 2.34. The van der Waals surface area contributed by atoms with Gasteiger partial charge >= 0.3 is 0 Å². The highest BCUT2D eigenvalue weighted by Crippen LogP contribution is 2.32. The molecule has 0 aromatic carbocycles. The van der Waals surface area contributed by atoms with Crippen molar-refractivity contribution in [3.05, 3.63) is 18.3 Å². The van der Waals surface area contributed by atoms with Crippen LogP contribution in [0, 0.1) is 0 Å². The molecule has 1 fully saturated rings. The van der Waals surface area contributed by atoms with Gasteiger partial charge in [-0.25, -0.2) is 4.98 Å². The lowest BCUT2D eigenvalue weighted by Crippen LogP contribution is -2.43. The molecular weight excluding hydrogens is 238 g/mol. The summed E-state index contributed by atoms with van der Waals surface area (Å²) in [7, 11) is 1.89. The van der Waals surface area contributed by atoms with Crippen LogP contribution >= 0.6 is 0 Å². The average Bonchev–Trinajstić information content (AvgIpc) is 2.47. The van der Waals surface area contributed by atoms with E-state index in [1.807, 2.05) is 19.3 Å². The maximum atomic E-state index is 6.01. The van der Waals surface area contributed by atoms with Crippen LogP contribution in [0.1, 0.15) is 39.5 Å². The Morgan fingerprint density at radius 3 is 2.89 bits per heavy atom. The van der Waals surface area contributed by atoms with Crippen LogP contribution in [0.15, 0.2) is 18.3 Å². The van der Waals surface area contributed by atoms with Crippen molar-refractivity contribution in [3.63, 3.8) is 0 Å². The third kappa shape index (κ3) is 3.38. The van der Waals surface area contributed by atoms with Crippen molar-refractivity contribution in [1.82, 2.24) is 4.98 Å². The van der Waals surface area contributed by atoms with Gasteiger partial charge in [-0.15, -0.1) is 0 Å². The van der Waals surface area contributed by atoms with Crippen LogP contribution in [-0.2, 0) is 4.74 Å². The third-order valence-electron chi connectivity index (χ3n) is 4.17.